The van der Waals surface area contributed by atoms with Crippen LogP contribution in [0.4, 0.5) is 0 Å². The minimum atomic E-state index is -0.855. The smallest absolute Gasteiger partial charge is 0.308 e. The number of aliphatic hydroxyl groups is 2. The van der Waals surface area contributed by atoms with Crippen LogP contribution in [0.5, 0.6) is 0 Å². The number of aryl methyl sites for hydroxylation is 1. The lowest BCUT2D eigenvalue weighted by Crippen LogP contribution is -2.22. The van der Waals surface area contributed by atoms with Crippen molar-refractivity contribution in [2.24, 2.45) is 5.92 Å². The van der Waals surface area contributed by atoms with Gasteiger partial charge in [0.2, 0.25) is 0 Å². The topological polar surface area (TPSA) is 66.8 Å². The number of fused-ring (bicyclic) bond motifs is 1. The molecule has 4 nitrogen and oxygen atoms in total. The van der Waals surface area contributed by atoms with Crippen LogP contribution in [0.1, 0.15) is 55.2 Å². The number of benzene rings is 1. The largest absolute Gasteiger partial charge is 0.469 e. The van der Waals surface area contributed by atoms with Gasteiger partial charge in [-0.25, -0.2) is 0 Å². The van der Waals surface area contributed by atoms with Crippen LogP contribution in [0.3, 0.4) is 0 Å². The molecule has 0 amide bonds. The predicted octanol–water partition coefficient (Wildman–Crippen LogP) is 3.20. The van der Waals surface area contributed by atoms with Crippen LogP contribution >= 0.6 is 0 Å². The monoisotopic (exact) mass is 332 g/mol. The van der Waals surface area contributed by atoms with Gasteiger partial charge in [-0.05, 0) is 49.1 Å². The van der Waals surface area contributed by atoms with Crippen molar-refractivity contribution in [3.63, 3.8) is 0 Å². The second-order valence-corrected chi connectivity index (χ2v) is 6.86. The number of aliphatic hydroxyl groups excluding tert-OH is 2. The van der Waals surface area contributed by atoms with Crippen molar-refractivity contribution in [3.8, 4) is 0 Å². The van der Waals surface area contributed by atoms with E-state index in [1.165, 1.54) is 23.8 Å². The highest BCUT2D eigenvalue weighted by atomic mass is 16.5. The molecule has 1 aliphatic rings. The summed E-state index contributed by atoms with van der Waals surface area (Å²) in [5, 5.41) is 20.0. The van der Waals surface area contributed by atoms with Crippen LogP contribution in [0.2, 0.25) is 0 Å². The standard InChI is InChI=1S/C20H28O4/c1-13-4-8-19-15(10-13)6-5-14(2)18(19)9-7-16(21)11-17(22)12-20(23)24-3/h4-6,8,10,14,16-18,21-22H,7,9,11-12H2,1-3H3/t14-,16-,17+,18?/m0/s1. The second kappa shape index (κ2) is 8.45. The third kappa shape index (κ3) is 4.92. The van der Waals surface area contributed by atoms with E-state index in [0.29, 0.717) is 18.3 Å². The molecule has 0 saturated carbocycles. The van der Waals surface area contributed by atoms with Crippen molar-refractivity contribution in [3.05, 3.63) is 41.0 Å². The maximum atomic E-state index is 11.1. The Bertz CT molecular complexity index is 593. The summed E-state index contributed by atoms with van der Waals surface area (Å²) < 4.78 is 4.53. The Labute approximate surface area is 144 Å². The maximum Gasteiger partial charge on any atom is 0.308 e. The van der Waals surface area contributed by atoms with E-state index >= 15 is 0 Å². The van der Waals surface area contributed by atoms with Gasteiger partial charge in [0.1, 0.15) is 0 Å². The molecule has 0 fully saturated rings. The van der Waals surface area contributed by atoms with Gasteiger partial charge < -0.3 is 14.9 Å². The van der Waals surface area contributed by atoms with Crippen LogP contribution in [0.25, 0.3) is 6.08 Å². The Kier molecular flexibility index (Phi) is 6.58. The first-order valence-corrected chi connectivity index (χ1v) is 8.62. The van der Waals surface area contributed by atoms with Crippen molar-refractivity contribution >= 4 is 12.0 Å². The minimum absolute atomic E-state index is 0.0712. The molecule has 1 unspecified atom stereocenters. The number of carbonyl (C=O) groups excluding carboxylic acids is 1. The van der Waals surface area contributed by atoms with Gasteiger partial charge in [0, 0.05) is 0 Å². The quantitative estimate of drug-likeness (QED) is 0.753. The fourth-order valence-corrected chi connectivity index (χ4v) is 3.43. The van der Waals surface area contributed by atoms with Gasteiger partial charge in [0.15, 0.2) is 0 Å². The SMILES string of the molecule is COC(=O)C[C@H](O)C[C@@H](O)CCC1c2ccc(C)cc2C=C[C@@H]1C. The molecule has 1 aliphatic carbocycles. The van der Waals surface area contributed by atoms with Gasteiger partial charge in [-0.15, -0.1) is 0 Å². The first-order valence-electron chi connectivity index (χ1n) is 8.62. The lowest BCUT2D eigenvalue weighted by atomic mass is 9.77. The highest BCUT2D eigenvalue weighted by molar-refractivity contribution is 5.69. The lowest BCUT2D eigenvalue weighted by molar-refractivity contribution is -0.143. The molecular weight excluding hydrogens is 304 g/mol. The summed E-state index contributed by atoms with van der Waals surface area (Å²) in [4.78, 5) is 11.1. The molecular formula is C20H28O4. The molecule has 0 aliphatic heterocycles. The van der Waals surface area contributed by atoms with E-state index in [-0.39, 0.29) is 12.8 Å². The molecule has 0 aromatic heterocycles. The highest BCUT2D eigenvalue weighted by Crippen LogP contribution is 2.38. The number of carbonyl (C=O) groups is 1. The Balaban J connectivity index is 1.91. The molecule has 1 aromatic carbocycles. The molecule has 0 heterocycles. The zero-order valence-corrected chi connectivity index (χ0v) is 14.7. The van der Waals surface area contributed by atoms with E-state index < -0.39 is 18.2 Å². The van der Waals surface area contributed by atoms with Crippen LogP contribution < -0.4 is 0 Å². The average molecular weight is 332 g/mol. The van der Waals surface area contributed by atoms with Crippen molar-refractivity contribution in [1.29, 1.82) is 0 Å². The van der Waals surface area contributed by atoms with E-state index in [0.717, 1.165) is 6.42 Å². The molecule has 0 radical (unpaired) electrons. The molecule has 0 spiro atoms. The van der Waals surface area contributed by atoms with Crippen molar-refractivity contribution in [2.75, 3.05) is 7.11 Å². The molecule has 2 N–H and O–H groups in total. The lowest BCUT2D eigenvalue weighted by Gasteiger charge is -2.29. The fraction of sp³-hybridized carbons (Fsp3) is 0.550. The van der Waals surface area contributed by atoms with E-state index in [1.807, 2.05) is 0 Å². The van der Waals surface area contributed by atoms with Gasteiger partial charge in [-0.2, -0.15) is 0 Å². The van der Waals surface area contributed by atoms with Crippen molar-refractivity contribution < 1.29 is 19.7 Å². The van der Waals surface area contributed by atoms with Crippen LogP contribution in [-0.2, 0) is 9.53 Å². The Morgan fingerprint density at radius 2 is 2.04 bits per heavy atom. The normalized spacial score (nSPS) is 21.9. The van der Waals surface area contributed by atoms with Gasteiger partial charge in [-0.3, -0.25) is 4.79 Å². The number of hydrogen-bond donors (Lipinski definition) is 2. The summed E-state index contributed by atoms with van der Waals surface area (Å²) in [6, 6.07) is 6.52. The van der Waals surface area contributed by atoms with E-state index in [1.54, 1.807) is 0 Å². The summed E-state index contributed by atoms with van der Waals surface area (Å²) in [5.41, 5.74) is 3.84. The van der Waals surface area contributed by atoms with Crippen LogP contribution in [0.15, 0.2) is 24.3 Å². The number of esters is 1. The Morgan fingerprint density at radius 3 is 2.75 bits per heavy atom. The summed E-state index contributed by atoms with van der Waals surface area (Å²) in [7, 11) is 1.29. The van der Waals surface area contributed by atoms with Gasteiger partial charge in [-0.1, -0.05) is 42.8 Å². The molecule has 4 atom stereocenters. The third-order valence-corrected chi connectivity index (χ3v) is 4.84. The summed E-state index contributed by atoms with van der Waals surface area (Å²) in [6.45, 7) is 4.29. The number of rotatable bonds is 7. The summed E-state index contributed by atoms with van der Waals surface area (Å²) in [5.74, 6) is 0.343. The number of allylic oxidation sites excluding steroid dienone is 1. The molecule has 0 saturated heterocycles. The van der Waals surface area contributed by atoms with Crippen LogP contribution in [0, 0.1) is 12.8 Å². The zero-order valence-electron chi connectivity index (χ0n) is 14.7. The number of hydrogen-bond acceptors (Lipinski definition) is 4. The number of ether oxygens (including phenoxy) is 1. The molecule has 2 rings (SSSR count). The molecule has 24 heavy (non-hydrogen) atoms. The number of methoxy groups -OCH3 is 1. The molecule has 4 heteroatoms. The summed E-state index contributed by atoms with van der Waals surface area (Å²) >= 11 is 0. The first kappa shape index (κ1) is 18.7. The average Bonchev–Trinajstić information content (AvgIpc) is 2.53. The van der Waals surface area contributed by atoms with Gasteiger partial charge in [0.05, 0.1) is 25.7 Å². The highest BCUT2D eigenvalue weighted by Gasteiger charge is 2.24. The van der Waals surface area contributed by atoms with Gasteiger partial charge >= 0.3 is 5.97 Å². The molecule has 132 valence electrons. The molecule has 0 bridgehead atoms. The van der Waals surface area contributed by atoms with E-state index in [9.17, 15) is 15.0 Å². The Hall–Kier alpha value is -1.65. The maximum absolute atomic E-state index is 11.1. The third-order valence-electron chi connectivity index (χ3n) is 4.84. The zero-order chi connectivity index (χ0) is 17.7. The fourth-order valence-electron chi connectivity index (χ4n) is 3.43. The second-order valence-electron chi connectivity index (χ2n) is 6.86. The molecule has 1 aromatic rings. The van der Waals surface area contributed by atoms with Gasteiger partial charge in [0.25, 0.3) is 0 Å². The first-order chi connectivity index (χ1) is 11.4. The predicted molar refractivity (Wildman–Crippen MR) is 94.6 cm³/mol. The van der Waals surface area contributed by atoms with E-state index in [4.69, 9.17) is 0 Å². The van der Waals surface area contributed by atoms with Crippen molar-refractivity contribution in [2.45, 2.75) is 57.7 Å². The van der Waals surface area contributed by atoms with Crippen LogP contribution in [-0.4, -0.2) is 35.5 Å². The minimum Gasteiger partial charge on any atom is -0.469 e. The van der Waals surface area contributed by atoms with E-state index in [2.05, 4.69) is 48.9 Å². The Morgan fingerprint density at radius 1 is 1.29 bits per heavy atom. The van der Waals surface area contributed by atoms with Crippen molar-refractivity contribution in [1.82, 2.24) is 0 Å². The summed E-state index contributed by atoms with van der Waals surface area (Å²) in [6.07, 6.45) is 4.53.